The van der Waals surface area contributed by atoms with Crippen LogP contribution in [-0.2, 0) is 10.0 Å². The second-order valence-electron chi connectivity index (χ2n) is 4.52. The van der Waals surface area contributed by atoms with Gasteiger partial charge < -0.3 is 5.11 Å². The SMILES string of the molecule is Cc1cc(NS(=O)(=O)c2ccc(Br)cc2)cc(C)c1O. The van der Waals surface area contributed by atoms with Gasteiger partial charge in [0.05, 0.1) is 4.90 Å². The van der Waals surface area contributed by atoms with Crippen molar-refractivity contribution in [2.45, 2.75) is 18.7 Å². The maximum absolute atomic E-state index is 12.2. The first-order chi connectivity index (χ1) is 9.29. The monoisotopic (exact) mass is 355 g/mol. The van der Waals surface area contributed by atoms with Crippen molar-refractivity contribution in [3.8, 4) is 5.75 Å². The van der Waals surface area contributed by atoms with E-state index in [1.54, 1.807) is 38.1 Å². The van der Waals surface area contributed by atoms with Crippen LogP contribution < -0.4 is 4.72 Å². The molecule has 0 aliphatic rings. The molecule has 0 atom stereocenters. The molecule has 0 aliphatic heterocycles. The predicted molar refractivity (Wildman–Crippen MR) is 82.5 cm³/mol. The van der Waals surface area contributed by atoms with Crippen LogP contribution in [0.2, 0.25) is 0 Å². The quantitative estimate of drug-likeness (QED) is 0.827. The minimum Gasteiger partial charge on any atom is -0.507 e. The molecule has 0 radical (unpaired) electrons. The molecule has 2 aromatic carbocycles. The third kappa shape index (κ3) is 3.13. The zero-order valence-corrected chi connectivity index (χ0v) is 13.4. The fourth-order valence-electron chi connectivity index (χ4n) is 1.84. The number of halogens is 1. The minimum absolute atomic E-state index is 0.177. The summed E-state index contributed by atoms with van der Waals surface area (Å²) in [6.45, 7) is 3.44. The Morgan fingerprint density at radius 1 is 1.05 bits per heavy atom. The zero-order valence-electron chi connectivity index (χ0n) is 11.0. The van der Waals surface area contributed by atoms with Gasteiger partial charge in [0.2, 0.25) is 0 Å². The summed E-state index contributed by atoms with van der Waals surface area (Å²) in [6.07, 6.45) is 0. The molecule has 0 aromatic heterocycles. The first kappa shape index (κ1) is 14.9. The Morgan fingerprint density at radius 3 is 2.05 bits per heavy atom. The van der Waals surface area contributed by atoms with Crippen LogP contribution in [0.25, 0.3) is 0 Å². The van der Waals surface area contributed by atoms with E-state index in [4.69, 9.17) is 0 Å². The van der Waals surface area contributed by atoms with E-state index in [-0.39, 0.29) is 10.6 Å². The van der Waals surface area contributed by atoms with Gasteiger partial charge in [0, 0.05) is 10.2 Å². The molecule has 0 saturated carbocycles. The lowest BCUT2D eigenvalue weighted by molar-refractivity contribution is 0.467. The molecule has 4 nitrogen and oxygen atoms in total. The molecule has 2 aromatic rings. The third-order valence-electron chi connectivity index (χ3n) is 2.87. The van der Waals surface area contributed by atoms with Crippen molar-refractivity contribution in [2.24, 2.45) is 0 Å². The highest BCUT2D eigenvalue weighted by Gasteiger charge is 2.15. The zero-order chi connectivity index (χ0) is 14.9. The van der Waals surface area contributed by atoms with Crippen LogP contribution in [0.5, 0.6) is 5.75 Å². The minimum atomic E-state index is -3.63. The van der Waals surface area contributed by atoms with Gasteiger partial charge in [-0.3, -0.25) is 4.72 Å². The molecule has 0 heterocycles. The van der Waals surface area contributed by atoms with Crippen LogP contribution in [0.15, 0.2) is 45.8 Å². The van der Waals surface area contributed by atoms with Crippen molar-refractivity contribution in [2.75, 3.05) is 4.72 Å². The van der Waals surface area contributed by atoms with E-state index in [0.717, 1.165) is 4.47 Å². The van der Waals surface area contributed by atoms with Crippen LogP contribution in [0.3, 0.4) is 0 Å². The second-order valence-corrected chi connectivity index (χ2v) is 7.12. The van der Waals surface area contributed by atoms with Gasteiger partial charge in [-0.25, -0.2) is 8.42 Å². The molecule has 0 amide bonds. The molecule has 0 spiro atoms. The summed E-state index contributed by atoms with van der Waals surface area (Å²) in [7, 11) is -3.63. The number of aryl methyl sites for hydroxylation is 2. The summed E-state index contributed by atoms with van der Waals surface area (Å²) < 4.78 is 27.8. The van der Waals surface area contributed by atoms with Crippen LogP contribution in [0.1, 0.15) is 11.1 Å². The number of anilines is 1. The van der Waals surface area contributed by atoms with Crippen molar-refractivity contribution in [3.05, 3.63) is 52.0 Å². The number of aromatic hydroxyl groups is 1. The molecular weight excluding hydrogens is 342 g/mol. The number of benzene rings is 2. The predicted octanol–water partition coefficient (Wildman–Crippen LogP) is 3.57. The molecule has 0 aliphatic carbocycles. The van der Waals surface area contributed by atoms with Gasteiger partial charge in [-0.2, -0.15) is 0 Å². The molecular formula is C14H14BrNO3S. The average Bonchev–Trinajstić information content (AvgIpc) is 2.36. The topological polar surface area (TPSA) is 66.4 Å². The van der Waals surface area contributed by atoms with Gasteiger partial charge in [-0.1, -0.05) is 15.9 Å². The Hall–Kier alpha value is -1.53. The van der Waals surface area contributed by atoms with Gasteiger partial charge in [0.15, 0.2) is 0 Å². The fraction of sp³-hybridized carbons (Fsp3) is 0.143. The van der Waals surface area contributed by atoms with Gasteiger partial charge >= 0.3 is 0 Å². The van der Waals surface area contributed by atoms with Crippen molar-refractivity contribution in [1.29, 1.82) is 0 Å². The van der Waals surface area contributed by atoms with Crippen molar-refractivity contribution in [1.82, 2.24) is 0 Å². The summed E-state index contributed by atoms with van der Waals surface area (Å²) in [5.74, 6) is 0.177. The number of hydrogen-bond donors (Lipinski definition) is 2. The van der Waals surface area contributed by atoms with Gasteiger partial charge in [0.1, 0.15) is 5.75 Å². The first-order valence-corrected chi connectivity index (χ1v) is 8.16. The maximum atomic E-state index is 12.2. The molecule has 0 saturated heterocycles. The van der Waals surface area contributed by atoms with E-state index in [0.29, 0.717) is 16.8 Å². The standard InChI is InChI=1S/C14H14BrNO3S/c1-9-7-12(8-10(2)14(9)17)16-20(18,19)13-5-3-11(15)4-6-13/h3-8,16-17H,1-2H3. The van der Waals surface area contributed by atoms with Crippen LogP contribution in [-0.4, -0.2) is 13.5 Å². The highest BCUT2D eigenvalue weighted by atomic mass is 79.9. The second kappa shape index (κ2) is 5.46. The Bertz CT molecular complexity index is 717. The Morgan fingerprint density at radius 2 is 1.55 bits per heavy atom. The van der Waals surface area contributed by atoms with E-state index >= 15 is 0 Å². The van der Waals surface area contributed by atoms with Crippen LogP contribution >= 0.6 is 15.9 Å². The van der Waals surface area contributed by atoms with E-state index < -0.39 is 10.0 Å². The number of phenols is 1. The maximum Gasteiger partial charge on any atom is 0.261 e. The van der Waals surface area contributed by atoms with Crippen molar-refractivity contribution < 1.29 is 13.5 Å². The molecule has 0 bridgehead atoms. The van der Waals surface area contributed by atoms with Gasteiger partial charge in [0.25, 0.3) is 10.0 Å². The van der Waals surface area contributed by atoms with Gasteiger partial charge in [-0.05, 0) is 61.4 Å². The number of hydrogen-bond acceptors (Lipinski definition) is 3. The smallest absolute Gasteiger partial charge is 0.261 e. The number of rotatable bonds is 3. The lowest BCUT2D eigenvalue weighted by Crippen LogP contribution is -2.13. The Labute approximate surface area is 126 Å². The average molecular weight is 356 g/mol. The van der Waals surface area contributed by atoms with Crippen molar-refractivity contribution in [3.63, 3.8) is 0 Å². The first-order valence-electron chi connectivity index (χ1n) is 5.88. The molecule has 20 heavy (non-hydrogen) atoms. The van der Waals surface area contributed by atoms with Gasteiger partial charge in [-0.15, -0.1) is 0 Å². The molecule has 0 fully saturated rings. The highest BCUT2D eigenvalue weighted by Crippen LogP contribution is 2.27. The molecule has 106 valence electrons. The third-order valence-corrected chi connectivity index (χ3v) is 4.79. The van der Waals surface area contributed by atoms with E-state index in [9.17, 15) is 13.5 Å². The Balaban J connectivity index is 2.36. The summed E-state index contributed by atoms with van der Waals surface area (Å²) in [5.41, 5.74) is 1.68. The summed E-state index contributed by atoms with van der Waals surface area (Å²) in [5, 5.41) is 9.69. The largest absolute Gasteiger partial charge is 0.507 e. The van der Waals surface area contributed by atoms with E-state index in [1.807, 2.05) is 0 Å². The molecule has 2 N–H and O–H groups in total. The summed E-state index contributed by atoms with van der Waals surface area (Å²) >= 11 is 3.26. The van der Waals surface area contributed by atoms with E-state index in [2.05, 4.69) is 20.7 Å². The number of nitrogens with one attached hydrogen (secondary N) is 1. The van der Waals surface area contributed by atoms with Crippen LogP contribution in [0.4, 0.5) is 5.69 Å². The summed E-state index contributed by atoms with van der Waals surface area (Å²) in [6, 6.07) is 9.57. The lowest BCUT2D eigenvalue weighted by atomic mass is 10.1. The normalized spacial score (nSPS) is 11.3. The molecule has 6 heteroatoms. The number of phenolic OH excluding ortho intramolecular Hbond substituents is 1. The molecule has 0 unspecified atom stereocenters. The molecule has 2 rings (SSSR count). The Kier molecular flexibility index (Phi) is 4.06. The van der Waals surface area contributed by atoms with Crippen molar-refractivity contribution >= 4 is 31.6 Å². The van der Waals surface area contributed by atoms with E-state index in [1.165, 1.54) is 12.1 Å². The fourth-order valence-corrected chi connectivity index (χ4v) is 3.15. The lowest BCUT2D eigenvalue weighted by Gasteiger charge is -2.11. The number of sulfonamides is 1. The summed E-state index contributed by atoms with van der Waals surface area (Å²) in [4.78, 5) is 0.184. The highest BCUT2D eigenvalue weighted by molar-refractivity contribution is 9.10. The van der Waals surface area contributed by atoms with Crippen LogP contribution in [0, 0.1) is 13.8 Å².